The van der Waals surface area contributed by atoms with Crippen LogP contribution in [0.3, 0.4) is 0 Å². The molecule has 2 heterocycles. The molecule has 6 nitrogen and oxygen atoms in total. The second-order valence-electron chi connectivity index (χ2n) is 4.55. The van der Waals surface area contributed by atoms with Crippen LogP contribution in [0.15, 0.2) is 52.2 Å². The van der Waals surface area contributed by atoms with Crippen molar-refractivity contribution in [2.45, 2.75) is 5.22 Å². The number of carbonyl (C=O) groups excluding carboxylic acids is 1. The van der Waals surface area contributed by atoms with Crippen LogP contribution in [0.25, 0.3) is 11.6 Å². The summed E-state index contributed by atoms with van der Waals surface area (Å²) in [4.78, 5) is 16.1. The first kappa shape index (κ1) is 16.8. The Morgan fingerprint density at radius 2 is 2.08 bits per heavy atom. The van der Waals surface area contributed by atoms with E-state index in [4.69, 9.17) is 27.6 Å². The predicted molar refractivity (Wildman–Crippen MR) is 93.3 cm³/mol. The standard InChI is InChI=1S/C15H10Cl2N4O2S/c16-9-4-5-11(10(17)7-9)19-13(22)8-24-15-21-20-14(23-15)12-3-1-2-6-18-12/h1-7H,8H2,(H,19,22). The monoisotopic (exact) mass is 380 g/mol. The van der Waals surface area contributed by atoms with E-state index in [0.717, 1.165) is 11.8 Å². The first-order valence-electron chi connectivity index (χ1n) is 6.74. The summed E-state index contributed by atoms with van der Waals surface area (Å²) in [5, 5.41) is 11.6. The molecular weight excluding hydrogens is 371 g/mol. The van der Waals surface area contributed by atoms with Crippen molar-refractivity contribution < 1.29 is 9.21 Å². The lowest BCUT2D eigenvalue weighted by Gasteiger charge is -2.06. The summed E-state index contributed by atoms with van der Waals surface area (Å²) < 4.78 is 5.46. The van der Waals surface area contributed by atoms with Crippen LogP contribution in [0.4, 0.5) is 5.69 Å². The van der Waals surface area contributed by atoms with Gasteiger partial charge in [0.05, 0.1) is 16.5 Å². The molecule has 0 radical (unpaired) electrons. The molecule has 0 fully saturated rings. The molecule has 0 atom stereocenters. The molecule has 0 bridgehead atoms. The summed E-state index contributed by atoms with van der Waals surface area (Å²) in [5.74, 6) is 0.157. The molecule has 1 aromatic carbocycles. The average Bonchev–Trinajstić information content (AvgIpc) is 3.05. The minimum Gasteiger partial charge on any atom is -0.410 e. The summed E-state index contributed by atoms with van der Waals surface area (Å²) in [6, 6.07) is 10.2. The maximum absolute atomic E-state index is 12.0. The Bertz CT molecular complexity index is 858. The van der Waals surface area contributed by atoms with Gasteiger partial charge in [-0.25, -0.2) is 0 Å². The SMILES string of the molecule is O=C(CSc1nnc(-c2ccccn2)o1)Nc1ccc(Cl)cc1Cl. The number of anilines is 1. The third-order valence-electron chi connectivity index (χ3n) is 2.82. The third-order valence-corrected chi connectivity index (χ3v) is 4.19. The minimum absolute atomic E-state index is 0.100. The molecule has 3 aromatic rings. The average molecular weight is 381 g/mol. The zero-order valence-electron chi connectivity index (χ0n) is 12.1. The lowest BCUT2D eigenvalue weighted by Crippen LogP contribution is -2.14. The van der Waals surface area contributed by atoms with E-state index in [-0.39, 0.29) is 16.9 Å². The number of nitrogens with zero attached hydrogens (tertiary/aromatic N) is 3. The van der Waals surface area contributed by atoms with E-state index in [1.165, 1.54) is 0 Å². The quantitative estimate of drug-likeness (QED) is 0.668. The minimum atomic E-state index is -0.248. The van der Waals surface area contributed by atoms with Gasteiger partial charge in [0.1, 0.15) is 5.69 Å². The Balaban J connectivity index is 1.58. The van der Waals surface area contributed by atoms with E-state index < -0.39 is 0 Å². The number of aromatic nitrogens is 3. The van der Waals surface area contributed by atoms with E-state index in [1.54, 1.807) is 36.5 Å². The Kier molecular flexibility index (Phi) is 5.34. The second kappa shape index (κ2) is 7.65. The van der Waals surface area contributed by atoms with Crippen LogP contribution in [-0.4, -0.2) is 26.8 Å². The number of amides is 1. The molecular formula is C15H10Cl2N4O2S. The third kappa shape index (κ3) is 4.25. The van der Waals surface area contributed by atoms with Crippen LogP contribution in [0, 0.1) is 0 Å². The van der Waals surface area contributed by atoms with Gasteiger partial charge in [-0.15, -0.1) is 10.2 Å². The Morgan fingerprint density at radius 1 is 1.21 bits per heavy atom. The normalized spacial score (nSPS) is 10.6. The van der Waals surface area contributed by atoms with Gasteiger partial charge in [-0.05, 0) is 30.3 Å². The molecule has 0 saturated carbocycles. The van der Waals surface area contributed by atoms with Gasteiger partial charge in [0.15, 0.2) is 0 Å². The fraction of sp³-hybridized carbons (Fsp3) is 0.0667. The number of carbonyl (C=O) groups is 1. The number of halogens is 2. The molecule has 0 spiro atoms. The van der Waals surface area contributed by atoms with Crippen molar-refractivity contribution >= 4 is 46.6 Å². The van der Waals surface area contributed by atoms with E-state index in [0.29, 0.717) is 27.3 Å². The molecule has 24 heavy (non-hydrogen) atoms. The highest BCUT2D eigenvalue weighted by Crippen LogP contribution is 2.26. The number of benzene rings is 1. The van der Waals surface area contributed by atoms with Gasteiger partial charge < -0.3 is 9.73 Å². The predicted octanol–water partition coefficient (Wildman–Crippen LogP) is 4.17. The zero-order chi connectivity index (χ0) is 16.9. The Labute approximate surface area is 151 Å². The van der Waals surface area contributed by atoms with Crippen LogP contribution in [0.2, 0.25) is 10.0 Å². The molecule has 9 heteroatoms. The van der Waals surface area contributed by atoms with Crippen molar-refractivity contribution in [2.24, 2.45) is 0 Å². The van der Waals surface area contributed by atoms with Crippen molar-refractivity contribution in [1.29, 1.82) is 0 Å². The highest BCUT2D eigenvalue weighted by molar-refractivity contribution is 7.99. The van der Waals surface area contributed by atoms with E-state index in [1.807, 2.05) is 6.07 Å². The van der Waals surface area contributed by atoms with Crippen molar-refractivity contribution in [1.82, 2.24) is 15.2 Å². The van der Waals surface area contributed by atoms with E-state index in [2.05, 4.69) is 20.5 Å². The number of pyridine rings is 1. The summed E-state index contributed by atoms with van der Waals surface area (Å²) in [6.07, 6.45) is 1.63. The second-order valence-corrected chi connectivity index (χ2v) is 6.32. The highest BCUT2D eigenvalue weighted by Gasteiger charge is 2.12. The molecule has 0 aliphatic carbocycles. The Morgan fingerprint density at radius 3 is 2.83 bits per heavy atom. The highest BCUT2D eigenvalue weighted by atomic mass is 35.5. The van der Waals surface area contributed by atoms with Gasteiger partial charge in [0.2, 0.25) is 5.91 Å². The maximum Gasteiger partial charge on any atom is 0.277 e. The van der Waals surface area contributed by atoms with Crippen LogP contribution in [0.1, 0.15) is 0 Å². The fourth-order valence-corrected chi connectivity index (χ4v) is 2.78. The van der Waals surface area contributed by atoms with Crippen LogP contribution in [0.5, 0.6) is 0 Å². The number of nitrogens with one attached hydrogen (secondary N) is 1. The molecule has 122 valence electrons. The van der Waals surface area contributed by atoms with Crippen LogP contribution in [-0.2, 0) is 4.79 Å². The first-order valence-corrected chi connectivity index (χ1v) is 8.48. The molecule has 1 amide bonds. The molecule has 0 unspecified atom stereocenters. The lowest BCUT2D eigenvalue weighted by atomic mass is 10.3. The Hall–Kier alpha value is -2.09. The molecule has 0 saturated heterocycles. The number of hydrogen-bond donors (Lipinski definition) is 1. The first-order chi connectivity index (χ1) is 11.6. The summed E-state index contributed by atoms with van der Waals surface area (Å²) in [6.45, 7) is 0. The number of hydrogen-bond acceptors (Lipinski definition) is 6. The molecule has 2 aromatic heterocycles. The topological polar surface area (TPSA) is 80.9 Å². The molecule has 1 N–H and O–H groups in total. The number of thioether (sulfide) groups is 1. The smallest absolute Gasteiger partial charge is 0.277 e. The van der Waals surface area contributed by atoms with Crippen molar-refractivity contribution in [3.63, 3.8) is 0 Å². The van der Waals surface area contributed by atoms with Gasteiger partial charge in [-0.1, -0.05) is 41.0 Å². The van der Waals surface area contributed by atoms with E-state index in [9.17, 15) is 4.79 Å². The summed E-state index contributed by atoms with van der Waals surface area (Å²) >= 11 is 12.9. The van der Waals surface area contributed by atoms with Gasteiger partial charge in [0.25, 0.3) is 11.1 Å². The lowest BCUT2D eigenvalue weighted by molar-refractivity contribution is -0.113. The number of rotatable bonds is 5. The fourth-order valence-electron chi connectivity index (χ4n) is 1.77. The maximum atomic E-state index is 12.0. The van der Waals surface area contributed by atoms with Gasteiger partial charge in [-0.2, -0.15) is 0 Å². The van der Waals surface area contributed by atoms with Crippen LogP contribution < -0.4 is 5.32 Å². The van der Waals surface area contributed by atoms with Crippen molar-refractivity contribution in [3.8, 4) is 11.6 Å². The van der Waals surface area contributed by atoms with Gasteiger partial charge in [0, 0.05) is 11.2 Å². The summed E-state index contributed by atoms with van der Waals surface area (Å²) in [7, 11) is 0. The van der Waals surface area contributed by atoms with Gasteiger partial charge in [-0.3, -0.25) is 9.78 Å². The van der Waals surface area contributed by atoms with E-state index >= 15 is 0 Å². The largest absolute Gasteiger partial charge is 0.410 e. The summed E-state index contributed by atoms with van der Waals surface area (Å²) in [5.41, 5.74) is 1.07. The van der Waals surface area contributed by atoms with Crippen molar-refractivity contribution in [3.05, 3.63) is 52.6 Å². The van der Waals surface area contributed by atoms with Gasteiger partial charge >= 0.3 is 0 Å². The molecule has 0 aliphatic heterocycles. The van der Waals surface area contributed by atoms with Crippen LogP contribution >= 0.6 is 35.0 Å². The molecule has 3 rings (SSSR count). The zero-order valence-corrected chi connectivity index (χ0v) is 14.4. The van der Waals surface area contributed by atoms with Crippen molar-refractivity contribution in [2.75, 3.05) is 11.1 Å². The molecule has 0 aliphatic rings.